The maximum Gasteiger partial charge on any atom is 0.304 e. The number of hydrogen-bond acceptors (Lipinski definition) is 6. The summed E-state index contributed by atoms with van der Waals surface area (Å²) in [7, 11) is 2.15. The third-order valence-electron chi connectivity index (χ3n) is 7.06. The van der Waals surface area contributed by atoms with Crippen LogP contribution in [0.15, 0.2) is 42.0 Å². The molecule has 1 aromatic carbocycles. The number of amides is 1. The number of carboxylic acids is 1. The Labute approximate surface area is 202 Å². The van der Waals surface area contributed by atoms with Crippen molar-refractivity contribution in [3.63, 3.8) is 0 Å². The minimum Gasteiger partial charge on any atom is -0.481 e. The van der Waals surface area contributed by atoms with Crippen LogP contribution in [0.3, 0.4) is 0 Å². The van der Waals surface area contributed by atoms with Gasteiger partial charge in [0.2, 0.25) is 5.91 Å². The third-order valence-corrected chi connectivity index (χ3v) is 7.91. The van der Waals surface area contributed by atoms with Crippen LogP contribution in [0.1, 0.15) is 41.4 Å². The zero-order chi connectivity index (χ0) is 23.7. The number of thiazole rings is 1. The first kappa shape index (κ1) is 22.7. The number of piperidine rings is 1. The van der Waals surface area contributed by atoms with E-state index in [1.165, 1.54) is 11.3 Å². The first-order valence-corrected chi connectivity index (χ1v) is 12.5. The molecule has 3 aromatic rings. The highest BCUT2D eigenvalue weighted by Gasteiger charge is 2.45. The molecule has 0 atom stereocenters. The summed E-state index contributed by atoms with van der Waals surface area (Å²) in [5.74, 6) is -1.18. The van der Waals surface area contributed by atoms with Crippen molar-refractivity contribution < 1.29 is 14.7 Å². The van der Waals surface area contributed by atoms with Crippen LogP contribution in [0, 0.1) is 5.41 Å². The van der Waals surface area contributed by atoms with E-state index >= 15 is 0 Å². The van der Waals surface area contributed by atoms with Crippen molar-refractivity contribution in [1.29, 1.82) is 0 Å². The Bertz CT molecular complexity index is 1170. The second-order valence-electron chi connectivity index (χ2n) is 9.53. The lowest BCUT2D eigenvalue weighted by Crippen LogP contribution is -2.43. The van der Waals surface area contributed by atoms with Gasteiger partial charge in [-0.05, 0) is 56.9 Å². The van der Waals surface area contributed by atoms with Crippen LogP contribution >= 0.6 is 11.3 Å². The SMILES string of the molecule is CN1CCC(n2cc(-c3csc(CNC(=O)C4(CC(=O)O)Cc5ccccc5C4)n3)cn2)CC1. The van der Waals surface area contributed by atoms with E-state index in [4.69, 9.17) is 4.98 Å². The quantitative estimate of drug-likeness (QED) is 0.540. The predicted octanol–water partition coefficient (Wildman–Crippen LogP) is 3.15. The van der Waals surface area contributed by atoms with E-state index in [2.05, 4.69) is 33.2 Å². The molecule has 2 N–H and O–H groups in total. The Morgan fingerprint density at radius 2 is 1.91 bits per heavy atom. The van der Waals surface area contributed by atoms with E-state index in [-0.39, 0.29) is 18.9 Å². The molecule has 1 amide bonds. The largest absolute Gasteiger partial charge is 0.481 e. The normalized spacial score (nSPS) is 18.0. The Balaban J connectivity index is 1.24. The first-order chi connectivity index (χ1) is 16.4. The molecule has 1 aliphatic carbocycles. The van der Waals surface area contributed by atoms with Gasteiger partial charge >= 0.3 is 5.97 Å². The standard InChI is InChI=1S/C25H29N5O3S/c1-29-8-6-20(7-9-29)30-15-19(13-27-30)21-16-34-22(28-21)14-26-24(33)25(12-23(31)32)10-17-4-2-3-5-18(17)11-25/h2-5,13,15-16,20H,6-12,14H2,1H3,(H,26,33)(H,31,32). The van der Waals surface area contributed by atoms with Crippen LogP contribution in [0.2, 0.25) is 0 Å². The minimum absolute atomic E-state index is 0.188. The minimum atomic E-state index is -0.957. The van der Waals surface area contributed by atoms with Crippen LogP contribution in [0.4, 0.5) is 0 Å². The number of fused-ring (bicyclic) bond motifs is 1. The van der Waals surface area contributed by atoms with Gasteiger partial charge in [-0.1, -0.05) is 24.3 Å². The summed E-state index contributed by atoms with van der Waals surface area (Å²) in [5.41, 5.74) is 2.97. The molecule has 0 spiro atoms. The molecule has 1 fully saturated rings. The van der Waals surface area contributed by atoms with E-state index in [1.54, 1.807) is 0 Å². The molecule has 0 saturated carbocycles. The molecule has 2 aliphatic rings. The number of benzene rings is 1. The van der Waals surface area contributed by atoms with Crippen LogP contribution in [0.5, 0.6) is 0 Å². The van der Waals surface area contributed by atoms with Crippen molar-refractivity contribution in [2.75, 3.05) is 20.1 Å². The second-order valence-corrected chi connectivity index (χ2v) is 10.5. The summed E-state index contributed by atoms with van der Waals surface area (Å²) in [6.45, 7) is 2.44. The predicted molar refractivity (Wildman–Crippen MR) is 129 cm³/mol. The van der Waals surface area contributed by atoms with Crippen LogP contribution in [-0.4, -0.2) is 56.8 Å². The van der Waals surface area contributed by atoms with Gasteiger partial charge in [0.1, 0.15) is 5.01 Å². The lowest BCUT2D eigenvalue weighted by atomic mass is 9.80. The van der Waals surface area contributed by atoms with Crippen LogP contribution in [-0.2, 0) is 29.0 Å². The van der Waals surface area contributed by atoms with Crippen molar-refractivity contribution in [3.05, 3.63) is 58.2 Å². The molecule has 178 valence electrons. The van der Waals surface area contributed by atoms with Gasteiger partial charge in [0.15, 0.2) is 0 Å². The second kappa shape index (κ2) is 9.31. The summed E-state index contributed by atoms with van der Waals surface area (Å²) in [5, 5.41) is 19.8. The zero-order valence-electron chi connectivity index (χ0n) is 19.2. The number of likely N-dealkylation sites (tertiary alicyclic amines) is 1. The fourth-order valence-electron chi connectivity index (χ4n) is 5.15. The van der Waals surface area contributed by atoms with Crippen molar-refractivity contribution in [2.45, 2.75) is 44.7 Å². The van der Waals surface area contributed by atoms with Gasteiger partial charge in [0.05, 0.1) is 36.3 Å². The summed E-state index contributed by atoms with van der Waals surface area (Å²) < 4.78 is 2.05. The maximum absolute atomic E-state index is 13.2. The summed E-state index contributed by atoms with van der Waals surface area (Å²) in [6, 6.07) is 8.23. The molecule has 2 aromatic heterocycles. The third kappa shape index (κ3) is 4.63. The van der Waals surface area contributed by atoms with Crippen molar-refractivity contribution in [1.82, 2.24) is 25.0 Å². The molecule has 34 heavy (non-hydrogen) atoms. The number of carboxylic acid groups (broad SMARTS) is 1. The van der Waals surface area contributed by atoms with Gasteiger partial charge in [0, 0.05) is 17.1 Å². The number of nitrogens with zero attached hydrogens (tertiary/aromatic N) is 4. The van der Waals surface area contributed by atoms with Crippen molar-refractivity contribution in [3.8, 4) is 11.3 Å². The molecular formula is C25H29N5O3S. The van der Waals surface area contributed by atoms with Crippen molar-refractivity contribution >= 4 is 23.2 Å². The average Bonchev–Trinajstić information content (AvgIpc) is 3.55. The highest BCUT2D eigenvalue weighted by molar-refractivity contribution is 7.09. The van der Waals surface area contributed by atoms with Crippen LogP contribution in [0.25, 0.3) is 11.3 Å². The molecule has 0 unspecified atom stereocenters. The molecule has 9 heteroatoms. The average molecular weight is 480 g/mol. The maximum atomic E-state index is 13.2. The molecule has 1 saturated heterocycles. The molecule has 3 heterocycles. The number of hydrogen-bond donors (Lipinski definition) is 2. The number of nitrogens with one attached hydrogen (secondary N) is 1. The molecule has 8 nitrogen and oxygen atoms in total. The molecule has 1 aliphatic heterocycles. The van der Waals surface area contributed by atoms with E-state index in [9.17, 15) is 14.7 Å². The fourth-order valence-corrected chi connectivity index (χ4v) is 5.89. The summed E-state index contributed by atoms with van der Waals surface area (Å²) in [6.07, 6.45) is 6.80. The Hall–Kier alpha value is -3.04. The van der Waals surface area contributed by atoms with Gasteiger partial charge in [-0.25, -0.2) is 4.98 Å². The number of aromatic nitrogens is 3. The zero-order valence-corrected chi connectivity index (χ0v) is 20.1. The fraction of sp³-hybridized carbons (Fsp3) is 0.440. The number of rotatable bonds is 7. The van der Waals surface area contributed by atoms with Gasteiger partial charge in [-0.2, -0.15) is 5.10 Å². The highest BCUT2D eigenvalue weighted by Crippen LogP contribution is 2.40. The molecule has 0 radical (unpaired) electrons. The number of carbonyl (C=O) groups excluding carboxylic acids is 1. The Kier molecular flexibility index (Phi) is 6.22. The first-order valence-electron chi connectivity index (χ1n) is 11.7. The monoisotopic (exact) mass is 479 g/mol. The smallest absolute Gasteiger partial charge is 0.304 e. The molecular weight excluding hydrogens is 450 g/mol. The van der Waals surface area contributed by atoms with E-state index in [0.29, 0.717) is 18.9 Å². The van der Waals surface area contributed by atoms with Gasteiger partial charge in [-0.15, -0.1) is 11.3 Å². The lowest BCUT2D eigenvalue weighted by Gasteiger charge is -2.28. The van der Waals surface area contributed by atoms with Crippen molar-refractivity contribution in [2.24, 2.45) is 5.41 Å². The lowest BCUT2D eigenvalue weighted by molar-refractivity contribution is -0.145. The Morgan fingerprint density at radius 1 is 1.21 bits per heavy atom. The van der Waals surface area contributed by atoms with E-state index in [1.807, 2.05) is 35.8 Å². The van der Waals surface area contributed by atoms with Gasteiger partial charge in [0.25, 0.3) is 0 Å². The van der Waals surface area contributed by atoms with Crippen LogP contribution < -0.4 is 5.32 Å². The van der Waals surface area contributed by atoms with E-state index in [0.717, 1.165) is 53.3 Å². The topological polar surface area (TPSA) is 100 Å². The van der Waals surface area contributed by atoms with Gasteiger partial charge < -0.3 is 15.3 Å². The van der Waals surface area contributed by atoms with E-state index < -0.39 is 11.4 Å². The summed E-state index contributed by atoms with van der Waals surface area (Å²) in [4.78, 5) is 31.8. The summed E-state index contributed by atoms with van der Waals surface area (Å²) >= 11 is 1.49. The number of aliphatic carboxylic acids is 1. The van der Waals surface area contributed by atoms with Gasteiger partial charge in [-0.3, -0.25) is 14.3 Å². The molecule has 0 bridgehead atoms. The molecule has 5 rings (SSSR count). The Morgan fingerprint density at radius 3 is 2.59 bits per heavy atom. The number of carbonyl (C=O) groups is 2. The highest BCUT2D eigenvalue weighted by atomic mass is 32.1.